The number of rotatable bonds is 6. The van der Waals surface area contributed by atoms with E-state index in [1.54, 1.807) is 4.90 Å². The summed E-state index contributed by atoms with van der Waals surface area (Å²) in [4.78, 5) is 15.7. The Hall–Kier alpha value is -3.17. The molecule has 5 nitrogen and oxygen atoms in total. The zero-order valence-corrected chi connectivity index (χ0v) is 16.7. The van der Waals surface area contributed by atoms with Crippen molar-refractivity contribution in [3.63, 3.8) is 0 Å². The summed E-state index contributed by atoms with van der Waals surface area (Å²) in [5, 5.41) is 11.3. The minimum absolute atomic E-state index is 0.0462. The van der Waals surface area contributed by atoms with E-state index in [1.807, 2.05) is 36.4 Å². The fourth-order valence-corrected chi connectivity index (χ4v) is 4.06. The van der Waals surface area contributed by atoms with Gasteiger partial charge in [-0.05, 0) is 35.0 Å². The highest BCUT2D eigenvalue weighted by Crippen LogP contribution is 2.34. The molecule has 1 aliphatic heterocycles. The van der Waals surface area contributed by atoms with Crippen LogP contribution in [0.4, 0.5) is 5.69 Å². The number of anilines is 1. The largest absolute Gasteiger partial charge is 0.486 e. The van der Waals surface area contributed by atoms with Crippen molar-refractivity contribution >= 4 is 34.1 Å². The van der Waals surface area contributed by atoms with Gasteiger partial charge in [0.1, 0.15) is 13.2 Å². The molecular weight excluding hydrogens is 384 g/mol. The standard InChI is InChI=1S/C23H20N2O3S/c24-10-3-11-25(19-7-9-21-22(15-19)28-13-12-27-21)23(26)16-29-20-8-6-17-4-1-2-5-18(17)14-20/h1-2,4-9,14-15H,3,11-13,16H2. The third kappa shape index (κ3) is 4.47. The Balaban J connectivity index is 1.50. The van der Waals surface area contributed by atoms with Crippen LogP contribution in [0.2, 0.25) is 0 Å². The molecule has 4 rings (SSSR count). The SMILES string of the molecule is N#CCCN(C(=O)CSc1ccc2ccccc2c1)c1ccc2c(c1)OCCO2. The van der Waals surface area contributed by atoms with Crippen molar-refractivity contribution in [1.29, 1.82) is 5.26 Å². The Morgan fingerprint density at radius 2 is 1.79 bits per heavy atom. The average molecular weight is 404 g/mol. The number of amides is 1. The van der Waals surface area contributed by atoms with Gasteiger partial charge in [-0.25, -0.2) is 0 Å². The Labute approximate surface area is 173 Å². The van der Waals surface area contributed by atoms with Crippen molar-refractivity contribution < 1.29 is 14.3 Å². The van der Waals surface area contributed by atoms with Crippen molar-refractivity contribution in [2.45, 2.75) is 11.3 Å². The van der Waals surface area contributed by atoms with Crippen LogP contribution in [0, 0.1) is 11.3 Å². The van der Waals surface area contributed by atoms with Crippen molar-refractivity contribution in [3.8, 4) is 17.6 Å². The number of benzene rings is 3. The van der Waals surface area contributed by atoms with Gasteiger partial charge in [0.05, 0.1) is 18.2 Å². The van der Waals surface area contributed by atoms with Gasteiger partial charge in [-0.15, -0.1) is 11.8 Å². The summed E-state index contributed by atoms with van der Waals surface area (Å²) < 4.78 is 11.2. The molecule has 0 bridgehead atoms. The van der Waals surface area contributed by atoms with Crippen LogP contribution < -0.4 is 14.4 Å². The Morgan fingerprint density at radius 1 is 1.00 bits per heavy atom. The maximum atomic E-state index is 13.0. The van der Waals surface area contributed by atoms with Crippen LogP contribution in [0.1, 0.15) is 6.42 Å². The van der Waals surface area contributed by atoms with Gasteiger partial charge in [0.2, 0.25) is 5.91 Å². The molecule has 3 aromatic rings. The van der Waals surface area contributed by atoms with Crippen molar-refractivity contribution in [2.24, 2.45) is 0 Å². The van der Waals surface area contributed by atoms with Crippen molar-refractivity contribution in [1.82, 2.24) is 0 Å². The van der Waals surface area contributed by atoms with Gasteiger partial charge >= 0.3 is 0 Å². The molecular formula is C23H20N2O3S. The Bertz CT molecular complexity index is 1080. The first-order valence-corrected chi connectivity index (χ1v) is 10.4. The molecule has 0 spiro atoms. The lowest BCUT2D eigenvalue weighted by Gasteiger charge is -2.24. The first-order valence-electron chi connectivity index (χ1n) is 9.43. The van der Waals surface area contributed by atoms with Gasteiger partial charge < -0.3 is 14.4 Å². The maximum Gasteiger partial charge on any atom is 0.237 e. The molecule has 146 valence electrons. The fourth-order valence-electron chi connectivity index (χ4n) is 3.24. The zero-order valence-electron chi connectivity index (χ0n) is 15.8. The van der Waals surface area contributed by atoms with Gasteiger partial charge in [-0.3, -0.25) is 4.79 Å². The number of nitrogens with zero attached hydrogens (tertiary/aromatic N) is 2. The smallest absolute Gasteiger partial charge is 0.237 e. The Morgan fingerprint density at radius 3 is 2.62 bits per heavy atom. The van der Waals surface area contributed by atoms with Gasteiger partial charge in [0.25, 0.3) is 0 Å². The van der Waals surface area contributed by atoms with E-state index in [9.17, 15) is 4.79 Å². The number of thioether (sulfide) groups is 1. The molecule has 29 heavy (non-hydrogen) atoms. The summed E-state index contributed by atoms with van der Waals surface area (Å²) in [6.07, 6.45) is 0.265. The van der Waals surface area contributed by atoms with Crippen LogP contribution in [0.5, 0.6) is 11.5 Å². The minimum Gasteiger partial charge on any atom is -0.486 e. The van der Waals surface area contributed by atoms with E-state index < -0.39 is 0 Å². The molecule has 6 heteroatoms. The van der Waals surface area contributed by atoms with Crippen LogP contribution in [0.25, 0.3) is 10.8 Å². The molecule has 3 aromatic carbocycles. The minimum atomic E-state index is -0.0462. The summed E-state index contributed by atoms with van der Waals surface area (Å²) in [5.74, 6) is 1.55. The van der Waals surface area contributed by atoms with Gasteiger partial charge in [-0.2, -0.15) is 5.26 Å². The summed E-state index contributed by atoms with van der Waals surface area (Å²) >= 11 is 1.50. The van der Waals surface area contributed by atoms with Crippen LogP contribution >= 0.6 is 11.8 Å². The first-order chi connectivity index (χ1) is 14.2. The second kappa shape index (κ2) is 8.89. The molecule has 1 aliphatic rings. The van der Waals surface area contributed by atoms with Gasteiger partial charge in [0, 0.05) is 23.2 Å². The average Bonchev–Trinajstić information content (AvgIpc) is 2.77. The van der Waals surface area contributed by atoms with E-state index in [-0.39, 0.29) is 18.1 Å². The van der Waals surface area contributed by atoms with E-state index in [2.05, 4.69) is 30.3 Å². The molecule has 0 aliphatic carbocycles. The number of fused-ring (bicyclic) bond motifs is 2. The van der Waals surface area contributed by atoms with Crippen molar-refractivity contribution in [3.05, 3.63) is 60.7 Å². The monoisotopic (exact) mass is 404 g/mol. The normalized spacial score (nSPS) is 12.4. The molecule has 0 fully saturated rings. The summed E-state index contributed by atoms with van der Waals surface area (Å²) in [6.45, 7) is 1.35. The van der Waals surface area contributed by atoms with Crippen LogP contribution in [0.3, 0.4) is 0 Å². The van der Waals surface area contributed by atoms with E-state index in [0.717, 1.165) is 10.3 Å². The van der Waals surface area contributed by atoms with Crippen LogP contribution in [-0.2, 0) is 4.79 Å². The quantitative estimate of drug-likeness (QED) is 0.560. The van der Waals surface area contributed by atoms with E-state index in [0.29, 0.717) is 36.9 Å². The number of nitriles is 1. The first kappa shape index (κ1) is 19.2. The fraction of sp³-hybridized carbons (Fsp3) is 0.217. The third-order valence-electron chi connectivity index (χ3n) is 4.67. The number of hydrogen-bond donors (Lipinski definition) is 0. The number of carbonyl (C=O) groups is 1. The lowest BCUT2D eigenvalue weighted by atomic mass is 10.1. The van der Waals surface area contributed by atoms with Crippen LogP contribution in [-0.4, -0.2) is 31.4 Å². The number of carbonyl (C=O) groups excluding carboxylic acids is 1. The highest BCUT2D eigenvalue weighted by molar-refractivity contribution is 8.00. The summed E-state index contributed by atoms with van der Waals surface area (Å²) in [6, 6.07) is 21.9. The summed E-state index contributed by atoms with van der Waals surface area (Å²) in [7, 11) is 0. The lowest BCUT2D eigenvalue weighted by molar-refractivity contribution is -0.116. The molecule has 0 saturated heterocycles. The topological polar surface area (TPSA) is 62.6 Å². The molecule has 0 radical (unpaired) electrons. The highest BCUT2D eigenvalue weighted by atomic mass is 32.2. The Kier molecular flexibility index (Phi) is 5.87. The molecule has 0 atom stereocenters. The number of ether oxygens (including phenoxy) is 2. The second-order valence-corrected chi connectivity index (χ2v) is 7.63. The maximum absolute atomic E-state index is 13.0. The molecule has 1 amide bonds. The van der Waals surface area contributed by atoms with Gasteiger partial charge in [0.15, 0.2) is 11.5 Å². The van der Waals surface area contributed by atoms with E-state index >= 15 is 0 Å². The van der Waals surface area contributed by atoms with Crippen molar-refractivity contribution in [2.75, 3.05) is 30.4 Å². The zero-order chi connectivity index (χ0) is 20.1. The van der Waals surface area contributed by atoms with E-state index in [1.165, 1.54) is 17.1 Å². The molecule has 1 heterocycles. The summed E-state index contributed by atoms with van der Waals surface area (Å²) in [5.41, 5.74) is 0.716. The highest BCUT2D eigenvalue weighted by Gasteiger charge is 2.19. The molecule has 0 aromatic heterocycles. The molecule has 0 N–H and O–H groups in total. The van der Waals surface area contributed by atoms with E-state index in [4.69, 9.17) is 14.7 Å². The third-order valence-corrected chi connectivity index (χ3v) is 5.65. The molecule has 0 saturated carbocycles. The molecule has 0 unspecified atom stereocenters. The lowest BCUT2D eigenvalue weighted by Crippen LogP contribution is -2.33. The second-order valence-electron chi connectivity index (χ2n) is 6.58. The van der Waals surface area contributed by atoms with Crippen LogP contribution in [0.15, 0.2) is 65.6 Å². The predicted octanol–water partition coefficient (Wildman–Crippen LogP) is 4.65. The number of hydrogen-bond acceptors (Lipinski definition) is 5. The predicted molar refractivity (Wildman–Crippen MR) is 115 cm³/mol. The van der Waals surface area contributed by atoms with Gasteiger partial charge in [-0.1, -0.05) is 30.3 Å².